The van der Waals surface area contributed by atoms with E-state index in [9.17, 15) is 0 Å². The van der Waals surface area contributed by atoms with Crippen molar-refractivity contribution < 1.29 is 0 Å². The molecule has 0 spiro atoms. The molecule has 3 heteroatoms. The number of nitrogens with zero attached hydrogens (tertiary/aromatic N) is 1. The number of aryl methyl sites for hydroxylation is 2. The molecule has 1 aromatic carbocycles. The standard InChI is InChI=1S/C14H15BrN2/c1-10-6-11(2)8-12(7-10)9-17-13-4-3-5-16-14(13)15/h3-8,17H,9H2,1-2H3. The lowest BCUT2D eigenvalue weighted by Crippen LogP contribution is -2.01. The molecule has 0 saturated heterocycles. The molecule has 0 atom stereocenters. The van der Waals surface area contributed by atoms with Crippen molar-refractivity contribution in [3.63, 3.8) is 0 Å². The molecule has 0 radical (unpaired) electrons. The molecule has 88 valence electrons. The zero-order chi connectivity index (χ0) is 12.3. The van der Waals surface area contributed by atoms with Crippen molar-refractivity contribution in [2.45, 2.75) is 20.4 Å². The summed E-state index contributed by atoms with van der Waals surface area (Å²) in [6, 6.07) is 10.5. The van der Waals surface area contributed by atoms with E-state index in [4.69, 9.17) is 0 Å². The summed E-state index contributed by atoms with van der Waals surface area (Å²) in [7, 11) is 0. The molecule has 2 aromatic rings. The summed E-state index contributed by atoms with van der Waals surface area (Å²) >= 11 is 3.43. The molecular weight excluding hydrogens is 276 g/mol. The molecule has 1 heterocycles. The Morgan fingerprint density at radius 1 is 1.18 bits per heavy atom. The number of nitrogens with one attached hydrogen (secondary N) is 1. The fraction of sp³-hybridized carbons (Fsp3) is 0.214. The van der Waals surface area contributed by atoms with Gasteiger partial charge < -0.3 is 5.32 Å². The predicted octanol–water partition coefficient (Wildman–Crippen LogP) is 4.07. The van der Waals surface area contributed by atoms with Gasteiger partial charge in [-0.1, -0.05) is 29.3 Å². The second kappa shape index (κ2) is 5.32. The van der Waals surface area contributed by atoms with Gasteiger partial charge in [0.2, 0.25) is 0 Å². The van der Waals surface area contributed by atoms with Gasteiger partial charge in [0, 0.05) is 12.7 Å². The average molecular weight is 291 g/mol. The van der Waals surface area contributed by atoms with Gasteiger partial charge in [0.25, 0.3) is 0 Å². The Kier molecular flexibility index (Phi) is 3.79. The van der Waals surface area contributed by atoms with Crippen molar-refractivity contribution in [2.75, 3.05) is 5.32 Å². The van der Waals surface area contributed by atoms with Crippen LogP contribution in [0.1, 0.15) is 16.7 Å². The number of aromatic nitrogens is 1. The SMILES string of the molecule is Cc1cc(C)cc(CNc2cccnc2Br)c1. The molecule has 0 saturated carbocycles. The summed E-state index contributed by atoms with van der Waals surface area (Å²) in [6.07, 6.45) is 1.77. The van der Waals surface area contributed by atoms with Gasteiger partial charge in [-0.25, -0.2) is 4.98 Å². The van der Waals surface area contributed by atoms with E-state index in [1.54, 1.807) is 6.20 Å². The molecule has 0 unspecified atom stereocenters. The Labute approximate surface area is 110 Å². The van der Waals surface area contributed by atoms with E-state index in [0.29, 0.717) is 0 Å². The van der Waals surface area contributed by atoms with Crippen molar-refractivity contribution in [2.24, 2.45) is 0 Å². The van der Waals surface area contributed by atoms with E-state index in [1.165, 1.54) is 16.7 Å². The molecule has 0 amide bonds. The molecule has 0 aliphatic carbocycles. The molecule has 1 aromatic heterocycles. The first-order chi connectivity index (χ1) is 8.15. The summed E-state index contributed by atoms with van der Waals surface area (Å²) in [5.74, 6) is 0. The quantitative estimate of drug-likeness (QED) is 0.862. The number of pyridine rings is 1. The van der Waals surface area contributed by atoms with E-state index < -0.39 is 0 Å². The van der Waals surface area contributed by atoms with Gasteiger partial charge in [0.1, 0.15) is 4.60 Å². The fourth-order valence-electron chi connectivity index (χ4n) is 1.89. The summed E-state index contributed by atoms with van der Waals surface area (Å²) in [5.41, 5.74) is 4.91. The number of benzene rings is 1. The van der Waals surface area contributed by atoms with E-state index in [0.717, 1.165) is 16.8 Å². The van der Waals surface area contributed by atoms with Crippen LogP contribution < -0.4 is 5.32 Å². The Hall–Kier alpha value is -1.35. The van der Waals surface area contributed by atoms with Gasteiger partial charge >= 0.3 is 0 Å². The van der Waals surface area contributed by atoms with Gasteiger partial charge in [-0.05, 0) is 47.5 Å². The second-order valence-electron chi connectivity index (χ2n) is 4.19. The second-order valence-corrected chi connectivity index (χ2v) is 4.94. The van der Waals surface area contributed by atoms with Crippen molar-refractivity contribution in [3.8, 4) is 0 Å². The van der Waals surface area contributed by atoms with Crippen LogP contribution in [0.3, 0.4) is 0 Å². The van der Waals surface area contributed by atoms with E-state index >= 15 is 0 Å². The molecule has 1 N–H and O–H groups in total. The largest absolute Gasteiger partial charge is 0.379 e. The van der Waals surface area contributed by atoms with Crippen LogP contribution >= 0.6 is 15.9 Å². The van der Waals surface area contributed by atoms with Gasteiger partial charge in [-0.15, -0.1) is 0 Å². The number of hydrogen-bond acceptors (Lipinski definition) is 2. The molecule has 2 rings (SSSR count). The van der Waals surface area contributed by atoms with Gasteiger partial charge in [0.05, 0.1) is 5.69 Å². The molecule has 0 bridgehead atoms. The first kappa shape index (κ1) is 12.1. The van der Waals surface area contributed by atoms with Crippen LogP contribution in [0, 0.1) is 13.8 Å². The van der Waals surface area contributed by atoms with E-state index in [1.807, 2.05) is 12.1 Å². The minimum atomic E-state index is 0.812. The van der Waals surface area contributed by atoms with Crippen LogP contribution in [0.4, 0.5) is 5.69 Å². The fourth-order valence-corrected chi connectivity index (χ4v) is 2.28. The van der Waals surface area contributed by atoms with Gasteiger partial charge in [-0.2, -0.15) is 0 Å². The lowest BCUT2D eigenvalue weighted by molar-refractivity contribution is 1.11. The maximum Gasteiger partial charge on any atom is 0.129 e. The maximum atomic E-state index is 4.18. The normalized spacial score (nSPS) is 10.3. The Morgan fingerprint density at radius 2 is 1.88 bits per heavy atom. The van der Waals surface area contributed by atoms with Crippen molar-refractivity contribution in [1.82, 2.24) is 4.98 Å². The van der Waals surface area contributed by atoms with Crippen molar-refractivity contribution in [1.29, 1.82) is 0 Å². The summed E-state index contributed by atoms with van der Waals surface area (Å²) in [4.78, 5) is 4.18. The summed E-state index contributed by atoms with van der Waals surface area (Å²) < 4.78 is 0.851. The Morgan fingerprint density at radius 3 is 2.53 bits per heavy atom. The van der Waals surface area contributed by atoms with Crippen molar-refractivity contribution >= 4 is 21.6 Å². The third kappa shape index (κ3) is 3.30. The highest BCUT2D eigenvalue weighted by atomic mass is 79.9. The van der Waals surface area contributed by atoms with Crippen molar-refractivity contribution in [3.05, 3.63) is 57.8 Å². The first-order valence-electron chi connectivity index (χ1n) is 5.57. The van der Waals surface area contributed by atoms with Crippen LogP contribution in [0.15, 0.2) is 41.1 Å². The molecule has 0 aliphatic rings. The maximum absolute atomic E-state index is 4.18. The monoisotopic (exact) mass is 290 g/mol. The minimum Gasteiger partial charge on any atom is -0.379 e. The minimum absolute atomic E-state index is 0.812. The smallest absolute Gasteiger partial charge is 0.129 e. The average Bonchev–Trinajstić information content (AvgIpc) is 2.27. The topological polar surface area (TPSA) is 24.9 Å². The van der Waals surface area contributed by atoms with E-state index in [2.05, 4.69) is 58.3 Å². The van der Waals surface area contributed by atoms with Gasteiger partial charge in [-0.3, -0.25) is 0 Å². The lowest BCUT2D eigenvalue weighted by atomic mass is 10.1. The Bertz CT molecular complexity index is 503. The van der Waals surface area contributed by atoms with Gasteiger partial charge in [0.15, 0.2) is 0 Å². The third-order valence-corrected chi connectivity index (χ3v) is 3.16. The molecular formula is C14H15BrN2. The molecule has 17 heavy (non-hydrogen) atoms. The zero-order valence-electron chi connectivity index (χ0n) is 10.00. The number of rotatable bonds is 3. The van der Waals surface area contributed by atoms with E-state index in [-0.39, 0.29) is 0 Å². The lowest BCUT2D eigenvalue weighted by Gasteiger charge is -2.09. The van der Waals surface area contributed by atoms with Crippen LogP contribution in [0.5, 0.6) is 0 Å². The summed E-state index contributed by atoms with van der Waals surface area (Å²) in [6.45, 7) is 5.06. The number of hydrogen-bond donors (Lipinski definition) is 1. The number of halogens is 1. The highest BCUT2D eigenvalue weighted by molar-refractivity contribution is 9.10. The first-order valence-corrected chi connectivity index (χ1v) is 6.36. The molecule has 0 aliphatic heterocycles. The Balaban J connectivity index is 2.10. The van der Waals surface area contributed by atoms with Crippen LogP contribution in [0.2, 0.25) is 0 Å². The number of anilines is 1. The predicted molar refractivity (Wildman–Crippen MR) is 75.2 cm³/mol. The summed E-state index contributed by atoms with van der Waals surface area (Å²) in [5, 5.41) is 3.37. The molecule has 2 nitrogen and oxygen atoms in total. The van der Waals surface area contributed by atoms with Crippen LogP contribution in [-0.4, -0.2) is 4.98 Å². The zero-order valence-corrected chi connectivity index (χ0v) is 11.6. The highest BCUT2D eigenvalue weighted by Gasteiger charge is 2.00. The van der Waals surface area contributed by atoms with Crippen LogP contribution in [-0.2, 0) is 6.54 Å². The highest BCUT2D eigenvalue weighted by Crippen LogP contribution is 2.19. The third-order valence-electron chi connectivity index (χ3n) is 2.52. The van der Waals surface area contributed by atoms with Crippen LogP contribution in [0.25, 0.3) is 0 Å². The molecule has 0 fully saturated rings.